The van der Waals surface area contributed by atoms with Gasteiger partial charge in [0.15, 0.2) is 11.5 Å². The number of hydrogen-bond acceptors (Lipinski definition) is 4. The molecule has 0 aliphatic heterocycles. The van der Waals surface area contributed by atoms with Crippen LogP contribution in [0.5, 0.6) is 11.5 Å². The second kappa shape index (κ2) is 5.90. The highest BCUT2D eigenvalue weighted by atomic mass is 16.5. The van der Waals surface area contributed by atoms with Crippen molar-refractivity contribution in [2.75, 3.05) is 14.2 Å². The molecule has 2 N–H and O–H groups in total. The zero-order valence-electron chi connectivity index (χ0n) is 10.1. The van der Waals surface area contributed by atoms with E-state index in [9.17, 15) is 9.59 Å². The Labute approximate surface area is 104 Å². The molecule has 98 valence electrons. The fraction of sp³-hybridized carbons (Fsp3) is 0.333. The molecule has 0 atom stereocenters. The summed E-state index contributed by atoms with van der Waals surface area (Å²) in [5.41, 5.74) is 0.532. The van der Waals surface area contributed by atoms with Gasteiger partial charge >= 0.3 is 11.9 Å². The van der Waals surface area contributed by atoms with Crippen molar-refractivity contribution in [1.29, 1.82) is 0 Å². The molecule has 0 bridgehead atoms. The van der Waals surface area contributed by atoms with E-state index in [1.165, 1.54) is 20.3 Å². The Morgan fingerprint density at radius 1 is 1.17 bits per heavy atom. The molecule has 0 heterocycles. The zero-order valence-corrected chi connectivity index (χ0v) is 10.1. The van der Waals surface area contributed by atoms with E-state index in [-0.39, 0.29) is 29.9 Å². The molecule has 0 aliphatic carbocycles. The first-order valence-corrected chi connectivity index (χ1v) is 5.19. The molecule has 0 aliphatic rings. The van der Waals surface area contributed by atoms with Crippen LogP contribution in [0.25, 0.3) is 0 Å². The monoisotopic (exact) mass is 254 g/mol. The molecule has 0 fully saturated rings. The highest BCUT2D eigenvalue weighted by Crippen LogP contribution is 2.33. The SMILES string of the molecule is COc1cc(CCC(=O)O)cc(C(=O)O)c1OC. The van der Waals surface area contributed by atoms with Crippen LogP contribution in [0.15, 0.2) is 12.1 Å². The van der Waals surface area contributed by atoms with Crippen LogP contribution in [0.1, 0.15) is 22.3 Å². The van der Waals surface area contributed by atoms with Gasteiger partial charge in [0.25, 0.3) is 0 Å². The van der Waals surface area contributed by atoms with E-state index < -0.39 is 11.9 Å². The highest BCUT2D eigenvalue weighted by Gasteiger charge is 2.17. The number of hydrogen-bond donors (Lipinski definition) is 2. The number of aromatic carboxylic acids is 1. The molecule has 0 saturated heterocycles. The molecule has 0 unspecified atom stereocenters. The van der Waals surface area contributed by atoms with Crippen molar-refractivity contribution in [3.63, 3.8) is 0 Å². The Morgan fingerprint density at radius 2 is 1.83 bits per heavy atom. The van der Waals surface area contributed by atoms with Crippen LogP contribution in [0.4, 0.5) is 0 Å². The summed E-state index contributed by atoms with van der Waals surface area (Å²) in [6, 6.07) is 2.97. The fourth-order valence-electron chi connectivity index (χ4n) is 1.58. The molecule has 0 amide bonds. The topological polar surface area (TPSA) is 93.1 Å². The van der Waals surface area contributed by atoms with Crippen LogP contribution in [0, 0.1) is 0 Å². The third-order valence-electron chi connectivity index (χ3n) is 2.40. The number of aryl methyl sites for hydroxylation is 1. The Balaban J connectivity index is 3.18. The first-order valence-electron chi connectivity index (χ1n) is 5.19. The Bertz CT molecular complexity index is 466. The van der Waals surface area contributed by atoms with Gasteiger partial charge in [-0.2, -0.15) is 0 Å². The van der Waals surface area contributed by atoms with Crippen molar-refractivity contribution in [1.82, 2.24) is 0 Å². The summed E-state index contributed by atoms with van der Waals surface area (Å²) in [6.45, 7) is 0. The second-order valence-corrected chi connectivity index (χ2v) is 3.58. The summed E-state index contributed by atoms with van der Waals surface area (Å²) in [5.74, 6) is -1.69. The van der Waals surface area contributed by atoms with Gasteiger partial charge < -0.3 is 19.7 Å². The van der Waals surface area contributed by atoms with Gasteiger partial charge in [0.1, 0.15) is 5.56 Å². The second-order valence-electron chi connectivity index (χ2n) is 3.58. The molecular formula is C12H14O6. The Hall–Kier alpha value is -2.24. The fourth-order valence-corrected chi connectivity index (χ4v) is 1.58. The van der Waals surface area contributed by atoms with E-state index in [1.807, 2.05) is 0 Å². The van der Waals surface area contributed by atoms with E-state index in [1.54, 1.807) is 6.07 Å². The lowest BCUT2D eigenvalue weighted by atomic mass is 10.0. The number of ether oxygens (including phenoxy) is 2. The molecule has 1 aromatic carbocycles. The molecule has 1 rings (SSSR count). The Kier molecular flexibility index (Phi) is 4.53. The zero-order chi connectivity index (χ0) is 13.7. The van der Waals surface area contributed by atoms with Gasteiger partial charge in [-0.15, -0.1) is 0 Å². The lowest BCUT2D eigenvalue weighted by Crippen LogP contribution is -2.05. The lowest BCUT2D eigenvalue weighted by molar-refractivity contribution is -0.136. The normalized spacial score (nSPS) is 9.89. The van der Waals surface area contributed by atoms with E-state index in [2.05, 4.69) is 0 Å². The third-order valence-corrected chi connectivity index (χ3v) is 2.40. The standard InChI is InChI=1S/C12H14O6/c1-17-9-6-7(3-4-10(13)14)5-8(12(15)16)11(9)18-2/h5-6H,3-4H2,1-2H3,(H,13,14)(H,15,16). The summed E-state index contributed by atoms with van der Waals surface area (Å²) >= 11 is 0. The molecule has 18 heavy (non-hydrogen) atoms. The predicted octanol–water partition coefficient (Wildman–Crippen LogP) is 1.42. The molecule has 6 heteroatoms. The molecule has 0 saturated carbocycles. The molecule has 6 nitrogen and oxygen atoms in total. The first-order chi connectivity index (χ1) is 8.49. The van der Waals surface area contributed by atoms with Crippen molar-refractivity contribution >= 4 is 11.9 Å². The number of carboxylic acids is 2. The van der Waals surface area contributed by atoms with Gasteiger partial charge in [-0.3, -0.25) is 4.79 Å². The number of carbonyl (C=O) groups is 2. The molecule has 0 spiro atoms. The maximum atomic E-state index is 11.1. The smallest absolute Gasteiger partial charge is 0.339 e. The van der Waals surface area contributed by atoms with Crippen LogP contribution in [-0.4, -0.2) is 36.4 Å². The van der Waals surface area contributed by atoms with Gasteiger partial charge in [-0.25, -0.2) is 4.79 Å². The van der Waals surface area contributed by atoms with E-state index in [4.69, 9.17) is 19.7 Å². The Morgan fingerprint density at radius 3 is 2.28 bits per heavy atom. The number of carboxylic acid groups (broad SMARTS) is 2. The van der Waals surface area contributed by atoms with E-state index in [0.717, 1.165) is 0 Å². The lowest BCUT2D eigenvalue weighted by Gasteiger charge is -2.12. The minimum Gasteiger partial charge on any atom is -0.493 e. The van der Waals surface area contributed by atoms with Crippen molar-refractivity contribution in [2.45, 2.75) is 12.8 Å². The van der Waals surface area contributed by atoms with Gasteiger partial charge in [-0.05, 0) is 24.1 Å². The number of rotatable bonds is 6. The van der Waals surface area contributed by atoms with Crippen LogP contribution < -0.4 is 9.47 Å². The summed E-state index contributed by atoms with van der Waals surface area (Å²) in [4.78, 5) is 21.6. The first kappa shape index (κ1) is 13.8. The number of methoxy groups -OCH3 is 2. The third kappa shape index (κ3) is 3.13. The molecular weight excluding hydrogens is 240 g/mol. The van der Waals surface area contributed by atoms with E-state index in [0.29, 0.717) is 5.56 Å². The molecule has 0 radical (unpaired) electrons. The van der Waals surface area contributed by atoms with Gasteiger partial charge in [0.2, 0.25) is 0 Å². The quantitative estimate of drug-likeness (QED) is 0.797. The van der Waals surface area contributed by atoms with Gasteiger partial charge in [0, 0.05) is 6.42 Å². The summed E-state index contributed by atoms with van der Waals surface area (Å²) < 4.78 is 10.0. The van der Waals surface area contributed by atoms with Crippen molar-refractivity contribution in [2.24, 2.45) is 0 Å². The average Bonchev–Trinajstić information content (AvgIpc) is 2.34. The van der Waals surface area contributed by atoms with Crippen molar-refractivity contribution in [3.8, 4) is 11.5 Å². The average molecular weight is 254 g/mol. The number of aliphatic carboxylic acids is 1. The molecule has 0 aromatic heterocycles. The van der Waals surface area contributed by atoms with Gasteiger partial charge in [0.05, 0.1) is 14.2 Å². The maximum Gasteiger partial charge on any atom is 0.339 e. The van der Waals surface area contributed by atoms with E-state index >= 15 is 0 Å². The summed E-state index contributed by atoms with van der Waals surface area (Å²) in [6.07, 6.45) is 0.157. The minimum absolute atomic E-state index is 0.0442. The predicted molar refractivity (Wildman–Crippen MR) is 62.5 cm³/mol. The van der Waals surface area contributed by atoms with Crippen LogP contribution in [-0.2, 0) is 11.2 Å². The summed E-state index contributed by atoms with van der Waals surface area (Å²) in [7, 11) is 2.74. The maximum absolute atomic E-state index is 11.1. The molecule has 1 aromatic rings. The van der Waals surface area contributed by atoms with Crippen LogP contribution in [0.2, 0.25) is 0 Å². The highest BCUT2D eigenvalue weighted by molar-refractivity contribution is 5.92. The van der Waals surface area contributed by atoms with Crippen molar-refractivity contribution < 1.29 is 29.3 Å². The van der Waals surface area contributed by atoms with Crippen molar-refractivity contribution in [3.05, 3.63) is 23.3 Å². The number of benzene rings is 1. The minimum atomic E-state index is -1.15. The summed E-state index contributed by atoms with van der Waals surface area (Å²) in [5, 5.41) is 17.7. The largest absolute Gasteiger partial charge is 0.493 e. The van der Waals surface area contributed by atoms with Gasteiger partial charge in [-0.1, -0.05) is 0 Å². The van der Waals surface area contributed by atoms with Crippen LogP contribution in [0.3, 0.4) is 0 Å². The van der Waals surface area contributed by atoms with Crippen LogP contribution >= 0.6 is 0 Å².